The van der Waals surface area contributed by atoms with Crippen LogP contribution in [-0.4, -0.2) is 54.5 Å². The lowest BCUT2D eigenvalue weighted by atomic mass is 10.1. The lowest BCUT2D eigenvalue weighted by molar-refractivity contribution is -0.137. The van der Waals surface area contributed by atoms with Gasteiger partial charge < -0.3 is 15.1 Å². The van der Waals surface area contributed by atoms with E-state index in [1.807, 2.05) is 0 Å². The molecule has 0 saturated carbocycles. The van der Waals surface area contributed by atoms with Gasteiger partial charge in [-0.1, -0.05) is 29.8 Å². The van der Waals surface area contributed by atoms with Crippen molar-refractivity contribution in [1.82, 2.24) is 15.1 Å². The van der Waals surface area contributed by atoms with Crippen LogP contribution in [0.15, 0.2) is 24.3 Å². The number of urea groups is 1. The summed E-state index contributed by atoms with van der Waals surface area (Å²) in [6.07, 6.45) is 1.84. The standard InChI is InChI=1S/C17H25N3O2/c1-13-6-8-15(9-7-13)5-4-10-18-17(22)20-12-11-19(3)16(21)14(20)2/h6-9,14H,4-5,10-12H2,1-3H3,(H,18,22)/t14-/m0/s1. The molecule has 1 N–H and O–H groups in total. The number of rotatable bonds is 4. The lowest BCUT2D eigenvalue weighted by Gasteiger charge is -2.37. The van der Waals surface area contributed by atoms with Gasteiger partial charge in [-0.3, -0.25) is 4.79 Å². The number of aryl methyl sites for hydroxylation is 2. The largest absolute Gasteiger partial charge is 0.342 e. The summed E-state index contributed by atoms with van der Waals surface area (Å²) in [6.45, 7) is 5.67. The highest BCUT2D eigenvalue weighted by Crippen LogP contribution is 2.10. The summed E-state index contributed by atoms with van der Waals surface area (Å²) in [5.74, 6) is 0.000977. The van der Waals surface area contributed by atoms with E-state index in [-0.39, 0.29) is 18.0 Å². The number of benzene rings is 1. The number of carbonyl (C=O) groups is 2. The fourth-order valence-electron chi connectivity index (χ4n) is 2.64. The van der Waals surface area contributed by atoms with E-state index in [4.69, 9.17) is 0 Å². The summed E-state index contributed by atoms with van der Waals surface area (Å²) in [4.78, 5) is 27.3. The van der Waals surface area contributed by atoms with Crippen molar-refractivity contribution in [1.29, 1.82) is 0 Å². The van der Waals surface area contributed by atoms with Crippen LogP contribution in [-0.2, 0) is 11.2 Å². The molecule has 1 aliphatic rings. The van der Waals surface area contributed by atoms with Gasteiger partial charge in [0.1, 0.15) is 6.04 Å². The highest BCUT2D eigenvalue weighted by molar-refractivity contribution is 5.87. The van der Waals surface area contributed by atoms with Gasteiger partial charge in [-0.15, -0.1) is 0 Å². The molecule has 5 heteroatoms. The second-order valence-corrected chi connectivity index (χ2v) is 5.95. The zero-order valence-electron chi connectivity index (χ0n) is 13.6. The lowest BCUT2D eigenvalue weighted by Crippen LogP contribution is -2.58. The predicted octanol–water partition coefficient (Wildman–Crippen LogP) is 1.80. The number of hydrogen-bond donors (Lipinski definition) is 1. The number of nitrogens with zero attached hydrogens (tertiary/aromatic N) is 2. The van der Waals surface area contributed by atoms with Gasteiger partial charge in [0.15, 0.2) is 0 Å². The molecule has 1 saturated heterocycles. The molecule has 1 atom stereocenters. The van der Waals surface area contributed by atoms with Gasteiger partial charge in [0.25, 0.3) is 0 Å². The minimum absolute atomic E-state index is 0.000977. The number of piperazine rings is 1. The van der Waals surface area contributed by atoms with Crippen molar-refractivity contribution in [2.45, 2.75) is 32.7 Å². The summed E-state index contributed by atoms with van der Waals surface area (Å²) in [7, 11) is 1.77. The molecule has 1 aromatic rings. The second kappa shape index (κ2) is 7.29. The van der Waals surface area contributed by atoms with Gasteiger partial charge in [0.05, 0.1) is 0 Å². The molecule has 0 radical (unpaired) electrons. The first-order valence-corrected chi connectivity index (χ1v) is 7.84. The van der Waals surface area contributed by atoms with Crippen LogP contribution in [0.5, 0.6) is 0 Å². The van der Waals surface area contributed by atoms with Gasteiger partial charge in [0.2, 0.25) is 5.91 Å². The van der Waals surface area contributed by atoms with Crippen LogP contribution in [0.3, 0.4) is 0 Å². The molecular formula is C17H25N3O2. The average Bonchev–Trinajstić information content (AvgIpc) is 2.51. The molecule has 0 spiro atoms. The molecule has 0 bridgehead atoms. The molecule has 22 heavy (non-hydrogen) atoms. The number of likely N-dealkylation sites (N-methyl/N-ethyl adjacent to an activating group) is 1. The predicted molar refractivity (Wildman–Crippen MR) is 86.7 cm³/mol. The summed E-state index contributed by atoms with van der Waals surface area (Å²) in [5.41, 5.74) is 2.54. The van der Waals surface area contributed by atoms with Gasteiger partial charge in [-0.05, 0) is 32.3 Å². The van der Waals surface area contributed by atoms with Crippen LogP contribution >= 0.6 is 0 Å². The molecule has 1 aromatic carbocycles. The first-order valence-electron chi connectivity index (χ1n) is 7.84. The normalized spacial score (nSPS) is 18.5. The third kappa shape index (κ3) is 4.00. The molecular weight excluding hydrogens is 278 g/mol. The summed E-state index contributed by atoms with van der Waals surface area (Å²) in [5, 5.41) is 2.92. The Morgan fingerprint density at radius 1 is 1.27 bits per heavy atom. The molecule has 120 valence electrons. The van der Waals surface area contributed by atoms with Crippen LogP contribution in [0.25, 0.3) is 0 Å². The molecule has 1 fully saturated rings. The van der Waals surface area contributed by atoms with Crippen molar-refractivity contribution < 1.29 is 9.59 Å². The SMILES string of the molecule is Cc1ccc(CCCNC(=O)N2CCN(C)C(=O)[C@@H]2C)cc1. The van der Waals surface area contributed by atoms with Crippen LogP contribution in [0, 0.1) is 6.92 Å². The highest BCUT2D eigenvalue weighted by Gasteiger charge is 2.32. The van der Waals surface area contributed by atoms with E-state index >= 15 is 0 Å². The average molecular weight is 303 g/mol. The van der Waals surface area contributed by atoms with Crippen molar-refractivity contribution >= 4 is 11.9 Å². The first-order chi connectivity index (χ1) is 10.5. The summed E-state index contributed by atoms with van der Waals surface area (Å²) >= 11 is 0. The summed E-state index contributed by atoms with van der Waals surface area (Å²) in [6, 6.07) is 7.93. The molecule has 3 amide bonds. The van der Waals surface area contributed by atoms with Gasteiger partial charge in [-0.2, -0.15) is 0 Å². The van der Waals surface area contributed by atoms with E-state index in [0.717, 1.165) is 12.8 Å². The molecule has 1 aliphatic heterocycles. The van der Waals surface area contributed by atoms with Crippen molar-refractivity contribution in [2.24, 2.45) is 0 Å². The topological polar surface area (TPSA) is 52.7 Å². The van der Waals surface area contributed by atoms with Gasteiger partial charge in [-0.25, -0.2) is 4.79 Å². The molecule has 5 nitrogen and oxygen atoms in total. The Bertz CT molecular complexity index is 527. The zero-order chi connectivity index (χ0) is 16.1. The molecule has 1 heterocycles. The molecule has 2 rings (SSSR count). The van der Waals surface area contributed by atoms with Gasteiger partial charge >= 0.3 is 6.03 Å². The quantitative estimate of drug-likeness (QED) is 0.862. The van der Waals surface area contributed by atoms with Crippen molar-refractivity contribution in [3.63, 3.8) is 0 Å². The van der Waals surface area contributed by atoms with E-state index in [9.17, 15) is 9.59 Å². The van der Waals surface area contributed by atoms with E-state index in [0.29, 0.717) is 19.6 Å². The van der Waals surface area contributed by atoms with E-state index in [1.54, 1.807) is 23.8 Å². The summed E-state index contributed by atoms with van der Waals surface area (Å²) < 4.78 is 0. The van der Waals surface area contributed by atoms with Crippen molar-refractivity contribution in [2.75, 3.05) is 26.7 Å². The Labute approximate surface area is 132 Å². The number of nitrogens with one attached hydrogen (secondary N) is 1. The third-order valence-electron chi connectivity index (χ3n) is 4.18. The Kier molecular flexibility index (Phi) is 5.41. The fourth-order valence-corrected chi connectivity index (χ4v) is 2.64. The number of amides is 3. The Morgan fingerprint density at radius 2 is 1.95 bits per heavy atom. The van der Waals surface area contributed by atoms with Crippen LogP contribution in [0.2, 0.25) is 0 Å². The van der Waals surface area contributed by atoms with Gasteiger partial charge in [0, 0.05) is 26.7 Å². The number of carbonyl (C=O) groups excluding carboxylic acids is 2. The minimum atomic E-state index is -0.379. The van der Waals surface area contributed by atoms with Crippen molar-refractivity contribution in [3.8, 4) is 0 Å². The monoisotopic (exact) mass is 303 g/mol. The molecule has 0 aliphatic carbocycles. The highest BCUT2D eigenvalue weighted by atomic mass is 16.2. The van der Waals surface area contributed by atoms with E-state index in [1.165, 1.54) is 11.1 Å². The maximum atomic E-state index is 12.2. The smallest absolute Gasteiger partial charge is 0.318 e. The Hall–Kier alpha value is -2.04. The van der Waals surface area contributed by atoms with E-state index in [2.05, 4.69) is 36.5 Å². The van der Waals surface area contributed by atoms with Crippen LogP contribution in [0.1, 0.15) is 24.5 Å². The third-order valence-corrected chi connectivity index (χ3v) is 4.18. The van der Waals surface area contributed by atoms with E-state index < -0.39 is 0 Å². The molecule has 0 unspecified atom stereocenters. The zero-order valence-corrected chi connectivity index (χ0v) is 13.6. The first kappa shape index (κ1) is 16.3. The fraction of sp³-hybridized carbons (Fsp3) is 0.529. The molecule has 0 aromatic heterocycles. The van der Waals surface area contributed by atoms with Crippen LogP contribution in [0.4, 0.5) is 4.79 Å². The number of hydrogen-bond acceptors (Lipinski definition) is 2. The second-order valence-electron chi connectivity index (χ2n) is 5.95. The van der Waals surface area contributed by atoms with Crippen molar-refractivity contribution in [3.05, 3.63) is 35.4 Å². The minimum Gasteiger partial charge on any atom is -0.342 e. The van der Waals surface area contributed by atoms with Crippen LogP contribution < -0.4 is 5.32 Å². The Morgan fingerprint density at radius 3 is 2.64 bits per heavy atom. The maximum Gasteiger partial charge on any atom is 0.318 e. The maximum absolute atomic E-state index is 12.2. The Balaban J connectivity index is 1.73.